The topological polar surface area (TPSA) is 65.0 Å². The molecule has 0 radical (unpaired) electrons. The largest absolute Gasteiger partial charge is 0.493 e. The molecule has 1 N–H and O–H groups in total. The van der Waals surface area contributed by atoms with E-state index in [4.69, 9.17) is 9.47 Å². The van der Waals surface area contributed by atoms with Gasteiger partial charge in [-0.3, -0.25) is 0 Å². The molecule has 1 atom stereocenters. The summed E-state index contributed by atoms with van der Waals surface area (Å²) in [6, 6.07) is 1.71. The summed E-state index contributed by atoms with van der Waals surface area (Å²) in [5.74, 6) is -0.0134. The zero-order chi connectivity index (χ0) is 13.9. The van der Waals surface area contributed by atoms with Crippen molar-refractivity contribution in [3.05, 3.63) is 21.7 Å². The average molecular weight is 319 g/mol. The number of benzene rings is 1. The molecule has 100 valence electrons. The van der Waals surface area contributed by atoms with Crippen molar-refractivity contribution in [3.8, 4) is 11.5 Å². The molecule has 0 aromatic heterocycles. The maximum atomic E-state index is 11.5. The highest BCUT2D eigenvalue weighted by molar-refractivity contribution is 9.10. The van der Waals surface area contributed by atoms with E-state index in [0.717, 1.165) is 0 Å². The lowest BCUT2D eigenvalue weighted by molar-refractivity contribution is -0.150. The van der Waals surface area contributed by atoms with Crippen LogP contribution < -0.4 is 9.47 Å². The van der Waals surface area contributed by atoms with Crippen molar-refractivity contribution in [2.24, 2.45) is 0 Å². The van der Waals surface area contributed by atoms with Crippen LogP contribution in [0.4, 0.5) is 0 Å². The maximum absolute atomic E-state index is 11.5. The van der Waals surface area contributed by atoms with Crippen LogP contribution in [0, 0.1) is 6.92 Å². The molecule has 1 aromatic rings. The van der Waals surface area contributed by atoms with Crippen molar-refractivity contribution in [2.45, 2.75) is 13.0 Å². The SMILES string of the molecule is COC(=O)C(O)c1c(C)c(Br)cc(OC)c1OC. The molecule has 0 amide bonds. The van der Waals surface area contributed by atoms with Gasteiger partial charge in [-0.1, -0.05) is 15.9 Å². The third-order valence-electron chi connectivity index (χ3n) is 2.61. The molecule has 1 aromatic carbocycles. The van der Waals surface area contributed by atoms with E-state index >= 15 is 0 Å². The van der Waals surface area contributed by atoms with Gasteiger partial charge in [-0.25, -0.2) is 4.79 Å². The standard InChI is InChI=1S/C12H15BrO5/c1-6-7(13)5-8(16-2)11(17-3)9(6)10(14)12(15)18-4/h5,10,14H,1-4H3. The second-order valence-electron chi connectivity index (χ2n) is 3.56. The summed E-state index contributed by atoms with van der Waals surface area (Å²) in [6.45, 7) is 1.76. The minimum atomic E-state index is -1.42. The van der Waals surface area contributed by atoms with Crippen LogP contribution in [-0.2, 0) is 9.53 Å². The zero-order valence-electron chi connectivity index (χ0n) is 10.6. The van der Waals surface area contributed by atoms with Crippen molar-refractivity contribution in [1.82, 2.24) is 0 Å². The molecule has 0 heterocycles. The quantitative estimate of drug-likeness (QED) is 0.860. The first-order valence-corrected chi connectivity index (χ1v) is 5.94. The summed E-state index contributed by atoms with van der Waals surface area (Å²) in [4.78, 5) is 11.5. The molecular formula is C12H15BrO5. The Morgan fingerprint density at radius 2 is 1.94 bits per heavy atom. The number of halogens is 1. The number of carbonyl (C=O) groups is 1. The highest BCUT2D eigenvalue weighted by atomic mass is 79.9. The molecule has 0 aliphatic rings. The predicted molar refractivity (Wildman–Crippen MR) is 69.0 cm³/mol. The van der Waals surface area contributed by atoms with Crippen LogP contribution in [0.15, 0.2) is 10.5 Å². The third-order valence-corrected chi connectivity index (χ3v) is 3.43. The van der Waals surface area contributed by atoms with Gasteiger partial charge in [0.2, 0.25) is 0 Å². The molecule has 0 aliphatic heterocycles. The molecule has 0 fully saturated rings. The van der Waals surface area contributed by atoms with Crippen molar-refractivity contribution >= 4 is 21.9 Å². The third kappa shape index (κ3) is 2.59. The molecule has 5 nitrogen and oxygen atoms in total. The molecule has 1 unspecified atom stereocenters. The van der Waals surface area contributed by atoms with E-state index in [9.17, 15) is 9.90 Å². The molecule has 6 heteroatoms. The average Bonchev–Trinajstić information content (AvgIpc) is 2.39. The second-order valence-corrected chi connectivity index (χ2v) is 4.41. The summed E-state index contributed by atoms with van der Waals surface area (Å²) in [5, 5.41) is 10.00. The molecule has 0 aliphatic carbocycles. The van der Waals surface area contributed by atoms with Gasteiger partial charge in [0.15, 0.2) is 17.6 Å². The van der Waals surface area contributed by atoms with Crippen molar-refractivity contribution in [3.63, 3.8) is 0 Å². The van der Waals surface area contributed by atoms with Gasteiger partial charge in [-0.05, 0) is 18.6 Å². The monoisotopic (exact) mass is 318 g/mol. The van der Waals surface area contributed by atoms with E-state index in [1.807, 2.05) is 0 Å². The lowest BCUT2D eigenvalue weighted by Gasteiger charge is -2.19. The van der Waals surface area contributed by atoms with Gasteiger partial charge in [0.25, 0.3) is 0 Å². The van der Waals surface area contributed by atoms with E-state index in [2.05, 4.69) is 20.7 Å². The number of ether oxygens (including phenoxy) is 3. The Bertz CT molecular complexity index is 458. The second kappa shape index (κ2) is 6.06. The molecule has 0 spiro atoms. The number of rotatable bonds is 4. The maximum Gasteiger partial charge on any atom is 0.339 e. The molecule has 18 heavy (non-hydrogen) atoms. The van der Waals surface area contributed by atoms with E-state index < -0.39 is 12.1 Å². The summed E-state index contributed by atoms with van der Waals surface area (Å²) >= 11 is 3.34. The van der Waals surface area contributed by atoms with Crippen LogP contribution in [-0.4, -0.2) is 32.4 Å². The van der Waals surface area contributed by atoms with Gasteiger partial charge in [-0.15, -0.1) is 0 Å². The number of esters is 1. The Kier molecular flexibility index (Phi) is 4.98. The fourth-order valence-corrected chi connectivity index (χ4v) is 2.06. The highest BCUT2D eigenvalue weighted by Gasteiger charge is 2.27. The normalized spacial score (nSPS) is 11.9. The van der Waals surface area contributed by atoms with Crippen molar-refractivity contribution < 1.29 is 24.1 Å². The van der Waals surface area contributed by atoms with E-state index in [0.29, 0.717) is 27.1 Å². The number of carbonyl (C=O) groups excluding carboxylic acids is 1. The van der Waals surface area contributed by atoms with Crippen LogP contribution >= 0.6 is 15.9 Å². The lowest BCUT2D eigenvalue weighted by atomic mass is 10.0. The number of aliphatic hydroxyl groups excluding tert-OH is 1. The Morgan fingerprint density at radius 1 is 1.33 bits per heavy atom. The summed E-state index contributed by atoms with van der Waals surface area (Å²) < 4.78 is 15.6. The molecular weight excluding hydrogens is 304 g/mol. The summed E-state index contributed by atoms with van der Waals surface area (Å²) in [5.41, 5.74) is 1.01. The Balaban J connectivity index is 3.48. The molecule has 0 bridgehead atoms. The van der Waals surface area contributed by atoms with Gasteiger partial charge < -0.3 is 19.3 Å². The first-order valence-electron chi connectivity index (χ1n) is 5.14. The Morgan fingerprint density at radius 3 is 2.39 bits per heavy atom. The Labute approximate surface area is 114 Å². The van der Waals surface area contributed by atoms with Gasteiger partial charge >= 0.3 is 5.97 Å². The van der Waals surface area contributed by atoms with Gasteiger partial charge in [0.05, 0.1) is 21.3 Å². The summed E-state index contributed by atoms with van der Waals surface area (Å²) in [6.07, 6.45) is -1.42. The van der Waals surface area contributed by atoms with E-state index in [1.54, 1.807) is 13.0 Å². The number of hydrogen-bond donors (Lipinski definition) is 1. The summed E-state index contributed by atoms with van der Waals surface area (Å²) in [7, 11) is 4.13. The highest BCUT2D eigenvalue weighted by Crippen LogP contribution is 2.41. The smallest absolute Gasteiger partial charge is 0.339 e. The molecule has 1 rings (SSSR count). The van der Waals surface area contributed by atoms with Crippen molar-refractivity contribution in [2.75, 3.05) is 21.3 Å². The fourth-order valence-electron chi connectivity index (χ4n) is 1.64. The molecule has 0 saturated carbocycles. The van der Waals surface area contributed by atoms with Crippen LogP contribution in [0.5, 0.6) is 11.5 Å². The number of methoxy groups -OCH3 is 3. The fraction of sp³-hybridized carbons (Fsp3) is 0.417. The van der Waals surface area contributed by atoms with Crippen LogP contribution in [0.2, 0.25) is 0 Å². The zero-order valence-corrected chi connectivity index (χ0v) is 12.2. The van der Waals surface area contributed by atoms with Crippen molar-refractivity contribution in [1.29, 1.82) is 0 Å². The number of hydrogen-bond acceptors (Lipinski definition) is 5. The molecule has 0 saturated heterocycles. The van der Waals surface area contributed by atoms with Gasteiger partial charge in [0.1, 0.15) is 0 Å². The van der Waals surface area contributed by atoms with E-state index in [1.165, 1.54) is 21.3 Å². The number of aliphatic hydroxyl groups is 1. The van der Waals surface area contributed by atoms with E-state index in [-0.39, 0.29) is 0 Å². The first kappa shape index (κ1) is 14.8. The first-order chi connectivity index (χ1) is 8.47. The minimum Gasteiger partial charge on any atom is -0.493 e. The lowest BCUT2D eigenvalue weighted by Crippen LogP contribution is -2.16. The van der Waals surface area contributed by atoms with Crippen LogP contribution in [0.3, 0.4) is 0 Å². The Hall–Kier alpha value is -1.27. The predicted octanol–water partition coefficient (Wildman–Crippen LogP) is 1.98. The van der Waals surface area contributed by atoms with Crippen LogP contribution in [0.1, 0.15) is 17.2 Å². The minimum absolute atomic E-state index is 0.316. The van der Waals surface area contributed by atoms with Gasteiger partial charge in [0, 0.05) is 10.0 Å². The van der Waals surface area contributed by atoms with Gasteiger partial charge in [-0.2, -0.15) is 0 Å². The van der Waals surface area contributed by atoms with Crippen LogP contribution in [0.25, 0.3) is 0 Å².